The largest absolute Gasteiger partial charge is 0.494 e. The average molecular weight is 326 g/mol. The SMILES string of the molecule is CCOc1ccc(/C=C(\C(=O)O)c2ccc(OCC)c(C)c2)cc1. The molecule has 0 aliphatic rings. The van der Waals surface area contributed by atoms with Gasteiger partial charge in [0.25, 0.3) is 0 Å². The van der Waals surface area contributed by atoms with Gasteiger partial charge in [-0.05, 0) is 67.8 Å². The topological polar surface area (TPSA) is 55.8 Å². The number of hydrogen-bond donors (Lipinski definition) is 1. The summed E-state index contributed by atoms with van der Waals surface area (Å²) in [6, 6.07) is 12.8. The van der Waals surface area contributed by atoms with E-state index in [1.807, 2.05) is 57.2 Å². The predicted octanol–water partition coefficient (Wildman–Crippen LogP) is 4.42. The van der Waals surface area contributed by atoms with Crippen molar-refractivity contribution in [1.82, 2.24) is 0 Å². The Morgan fingerprint density at radius 3 is 2.25 bits per heavy atom. The highest BCUT2D eigenvalue weighted by Crippen LogP contribution is 2.26. The molecule has 0 fully saturated rings. The lowest BCUT2D eigenvalue weighted by molar-refractivity contribution is -0.130. The summed E-state index contributed by atoms with van der Waals surface area (Å²) in [5.41, 5.74) is 2.61. The van der Waals surface area contributed by atoms with Crippen molar-refractivity contribution in [3.63, 3.8) is 0 Å². The molecule has 2 aromatic carbocycles. The molecular formula is C20H22O4. The van der Waals surface area contributed by atoms with Crippen LogP contribution in [0.25, 0.3) is 11.6 Å². The van der Waals surface area contributed by atoms with Gasteiger partial charge >= 0.3 is 5.97 Å². The second-order valence-electron chi connectivity index (χ2n) is 5.28. The summed E-state index contributed by atoms with van der Waals surface area (Å²) in [4.78, 5) is 11.7. The zero-order valence-corrected chi connectivity index (χ0v) is 14.2. The molecule has 1 N–H and O–H groups in total. The first-order valence-electron chi connectivity index (χ1n) is 7.96. The summed E-state index contributed by atoms with van der Waals surface area (Å²) in [6.07, 6.45) is 1.66. The van der Waals surface area contributed by atoms with Crippen molar-refractivity contribution < 1.29 is 19.4 Å². The minimum atomic E-state index is -0.965. The van der Waals surface area contributed by atoms with Gasteiger partial charge in [-0.3, -0.25) is 0 Å². The van der Waals surface area contributed by atoms with Gasteiger partial charge in [-0.25, -0.2) is 4.79 Å². The minimum absolute atomic E-state index is 0.241. The lowest BCUT2D eigenvalue weighted by Crippen LogP contribution is -2.01. The third kappa shape index (κ3) is 4.38. The minimum Gasteiger partial charge on any atom is -0.494 e. The summed E-state index contributed by atoms with van der Waals surface area (Å²) in [7, 11) is 0. The summed E-state index contributed by atoms with van der Waals surface area (Å²) in [5, 5.41) is 9.57. The Bertz CT molecular complexity index is 730. The van der Waals surface area contributed by atoms with Crippen LogP contribution in [0.4, 0.5) is 0 Å². The standard InChI is InChI=1S/C20H22O4/c1-4-23-17-9-6-15(7-10-17)13-18(20(21)22)16-8-11-19(24-5-2)14(3)12-16/h6-13H,4-5H2,1-3H3,(H,21,22)/b18-13-. The maximum atomic E-state index is 11.7. The van der Waals surface area contributed by atoms with Crippen molar-refractivity contribution in [3.05, 3.63) is 59.2 Å². The van der Waals surface area contributed by atoms with Gasteiger partial charge in [0.05, 0.1) is 18.8 Å². The van der Waals surface area contributed by atoms with Crippen molar-refractivity contribution in [3.8, 4) is 11.5 Å². The highest BCUT2D eigenvalue weighted by Gasteiger charge is 2.12. The first kappa shape index (κ1) is 17.6. The molecule has 0 radical (unpaired) electrons. The monoisotopic (exact) mass is 326 g/mol. The Morgan fingerprint density at radius 2 is 1.71 bits per heavy atom. The van der Waals surface area contributed by atoms with Crippen LogP contribution >= 0.6 is 0 Å². The number of hydrogen-bond acceptors (Lipinski definition) is 3. The van der Waals surface area contributed by atoms with Gasteiger partial charge < -0.3 is 14.6 Å². The van der Waals surface area contributed by atoms with E-state index in [9.17, 15) is 9.90 Å². The molecule has 0 amide bonds. The summed E-state index contributed by atoms with van der Waals surface area (Å²) >= 11 is 0. The normalized spacial score (nSPS) is 11.2. The van der Waals surface area contributed by atoms with Gasteiger partial charge in [-0.15, -0.1) is 0 Å². The van der Waals surface area contributed by atoms with Crippen LogP contribution in [0.3, 0.4) is 0 Å². The van der Waals surface area contributed by atoms with Gasteiger partial charge in [-0.1, -0.05) is 18.2 Å². The molecule has 4 heteroatoms. The van der Waals surface area contributed by atoms with Crippen LogP contribution in [-0.4, -0.2) is 24.3 Å². The maximum absolute atomic E-state index is 11.7. The van der Waals surface area contributed by atoms with Crippen LogP contribution in [0.1, 0.15) is 30.5 Å². The Hall–Kier alpha value is -2.75. The zero-order chi connectivity index (χ0) is 17.5. The van der Waals surface area contributed by atoms with E-state index in [0.717, 1.165) is 22.6 Å². The molecule has 0 saturated heterocycles. The van der Waals surface area contributed by atoms with Crippen molar-refractivity contribution in [2.45, 2.75) is 20.8 Å². The highest BCUT2D eigenvalue weighted by atomic mass is 16.5. The van der Waals surface area contributed by atoms with E-state index in [4.69, 9.17) is 9.47 Å². The molecule has 0 atom stereocenters. The number of aliphatic carboxylic acids is 1. The fourth-order valence-electron chi connectivity index (χ4n) is 2.40. The van der Waals surface area contributed by atoms with Crippen molar-refractivity contribution in [2.24, 2.45) is 0 Å². The molecule has 0 spiro atoms. The van der Waals surface area contributed by atoms with Gasteiger partial charge in [0, 0.05) is 0 Å². The smallest absolute Gasteiger partial charge is 0.336 e. The van der Waals surface area contributed by atoms with Crippen LogP contribution in [0, 0.1) is 6.92 Å². The first-order valence-corrected chi connectivity index (χ1v) is 7.96. The average Bonchev–Trinajstić information content (AvgIpc) is 2.56. The van der Waals surface area contributed by atoms with Gasteiger partial charge in [0.1, 0.15) is 11.5 Å². The van der Waals surface area contributed by atoms with E-state index < -0.39 is 5.97 Å². The summed E-state index contributed by atoms with van der Waals surface area (Å²) in [5.74, 6) is 0.572. The van der Waals surface area contributed by atoms with Gasteiger partial charge in [-0.2, -0.15) is 0 Å². The number of benzene rings is 2. The van der Waals surface area contributed by atoms with E-state index in [1.165, 1.54) is 0 Å². The van der Waals surface area contributed by atoms with Crippen molar-refractivity contribution in [1.29, 1.82) is 0 Å². The van der Waals surface area contributed by atoms with Crippen LogP contribution in [-0.2, 0) is 4.79 Å². The van der Waals surface area contributed by atoms with E-state index in [0.29, 0.717) is 18.8 Å². The molecule has 0 heterocycles. The van der Waals surface area contributed by atoms with E-state index >= 15 is 0 Å². The van der Waals surface area contributed by atoms with Crippen LogP contribution in [0.2, 0.25) is 0 Å². The molecule has 0 saturated carbocycles. The lowest BCUT2D eigenvalue weighted by atomic mass is 10.0. The molecule has 0 aliphatic heterocycles. The van der Waals surface area contributed by atoms with E-state index in [-0.39, 0.29) is 5.57 Å². The Labute approximate surface area is 142 Å². The summed E-state index contributed by atoms with van der Waals surface area (Å²) < 4.78 is 10.9. The molecule has 0 bridgehead atoms. The molecule has 24 heavy (non-hydrogen) atoms. The fourth-order valence-corrected chi connectivity index (χ4v) is 2.40. The number of rotatable bonds is 7. The zero-order valence-electron chi connectivity index (χ0n) is 14.2. The Morgan fingerprint density at radius 1 is 1.04 bits per heavy atom. The quantitative estimate of drug-likeness (QED) is 0.604. The highest BCUT2D eigenvalue weighted by molar-refractivity contribution is 6.20. The van der Waals surface area contributed by atoms with Crippen LogP contribution in [0.15, 0.2) is 42.5 Å². The third-order valence-corrected chi connectivity index (χ3v) is 3.52. The third-order valence-electron chi connectivity index (χ3n) is 3.52. The molecule has 0 unspecified atom stereocenters. The fraction of sp³-hybridized carbons (Fsp3) is 0.250. The molecule has 0 aliphatic carbocycles. The number of carbonyl (C=O) groups is 1. The number of aryl methyl sites for hydroxylation is 1. The van der Waals surface area contributed by atoms with Crippen molar-refractivity contribution in [2.75, 3.05) is 13.2 Å². The Kier molecular flexibility index (Phi) is 6.01. The van der Waals surface area contributed by atoms with E-state index in [2.05, 4.69) is 0 Å². The molecule has 2 rings (SSSR count). The van der Waals surface area contributed by atoms with Gasteiger partial charge in [0.2, 0.25) is 0 Å². The van der Waals surface area contributed by atoms with E-state index in [1.54, 1.807) is 12.1 Å². The Balaban J connectivity index is 2.35. The second-order valence-corrected chi connectivity index (χ2v) is 5.28. The number of carboxylic acids is 1. The molecule has 4 nitrogen and oxygen atoms in total. The molecule has 126 valence electrons. The van der Waals surface area contributed by atoms with Crippen LogP contribution in [0.5, 0.6) is 11.5 Å². The van der Waals surface area contributed by atoms with Gasteiger partial charge in [0.15, 0.2) is 0 Å². The first-order chi connectivity index (χ1) is 11.5. The van der Waals surface area contributed by atoms with Crippen LogP contribution < -0.4 is 9.47 Å². The predicted molar refractivity (Wildman–Crippen MR) is 95.5 cm³/mol. The number of carboxylic acid groups (broad SMARTS) is 1. The maximum Gasteiger partial charge on any atom is 0.336 e. The molecular weight excluding hydrogens is 304 g/mol. The molecule has 0 aromatic heterocycles. The lowest BCUT2D eigenvalue weighted by Gasteiger charge is -2.10. The second kappa shape index (κ2) is 8.20. The van der Waals surface area contributed by atoms with Crippen molar-refractivity contribution >= 4 is 17.6 Å². The summed E-state index contributed by atoms with van der Waals surface area (Å²) in [6.45, 7) is 6.92. The number of ether oxygens (including phenoxy) is 2. The molecule has 2 aromatic rings.